The maximum absolute atomic E-state index is 10.4. The molecule has 0 unspecified atom stereocenters. The average molecular weight is 1320 g/mol. The summed E-state index contributed by atoms with van der Waals surface area (Å²) >= 11 is 0. The molecule has 6 heteroatoms. The van der Waals surface area contributed by atoms with Crippen LogP contribution in [0.4, 0.5) is 22.7 Å². The van der Waals surface area contributed by atoms with Gasteiger partial charge >= 0.3 is 0 Å². The first kappa shape index (κ1) is 45.4. The molecule has 0 bridgehead atoms. The van der Waals surface area contributed by atoms with Crippen LogP contribution in [0.15, 0.2) is 200 Å². The third-order valence-corrected chi connectivity index (χ3v) is 17.1. The van der Waals surface area contributed by atoms with E-state index in [0.717, 1.165) is 52.2 Å². The summed E-state index contributed by atoms with van der Waals surface area (Å²) in [6.45, 7) is 29.8. The van der Waals surface area contributed by atoms with E-state index in [1.54, 1.807) is 28.8 Å². The summed E-state index contributed by atoms with van der Waals surface area (Å²) in [6, 6.07) is 43.6. The van der Waals surface area contributed by atoms with E-state index in [0.29, 0.717) is 55.7 Å². The van der Waals surface area contributed by atoms with Crippen LogP contribution in [0.3, 0.4) is 0 Å². The molecule has 13 rings (SSSR count). The molecule has 9 aromatic carbocycles. The van der Waals surface area contributed by atoms with Crippen molar-refractivity contribution in [2.24, 2.45) is 0 Å². The normalized spacial score (nSPS) is 16.7. The van der Waals surface area contributed by atoms with Crippen molar-refractivity contribution in [3.05, 3.63) is 247 Å². The van der Waals surface area contributed by atoms with Gasteiger partial charge in [-0.05, 0) is 143 Å². The molecule has 3 heterocycles. The topological polar surface area (TPSA) is 33.5 Å². The Morgan fingerprint density at radius 2 is 1.16 bits per heavy atom. The van der Waals surface area contributed by atoms with Gasteiger partial charge in [0.25, 0.3) is 0 Å². The van der Waals surface area contributed by atoms with Gasteiger partial charge in [-0.1, -0.05) is 217 Å². The molecule has 0 saturated heterocycles. The van der Waals surface area contributed by atoms with Crippen LogP contribution in [0.1, 0.15) is 147 Å². The van der Waals surface area contributed by atoms with Crippen LogP contribution >= 0.6 is 0 Å². The first-order valence-corrected chi connectivity index (χ1v) is 29.3. The molecule has 11 aromatic rings. The van der Waals surface area contributed by atoms with E-state index in [9.17, 15) is 6.85 Å². The molecule has 86 heavy (non-hydrogen) atoms. The summed E-state index contributed by atoms with van der Waals surface area (Å²) in [6.07, 6.45) is 3.53. The minimum atomic E-state index is -0.705. The van der Waals surface area contributed by atoms with Crippen LogP contribution in [-0.4, -0.2) is 9.55 Å². The summed E-state index contributed by atoms with van der Waals surface area (Å²) in [5, 5.41) is 0.674. The van der Waals surface area contributed by atoms with Crippen molar-refractivity contribution in [1.29, 1.82) is 0 Å². The Balaban J connectivity index is 0.00000914. The quantitative estimate of drug-likeness (QED) is 0.135. The van der Waals surface area contributed by atoms with Crippen LogP contribution < -0.4 is 14.5 Å². The van der Waals surface area contributed by atoms with E-state index >= 15 is 0 Å². The van der Waals surface area contributed by atoms with Gasteiger partial charge < -0.3 is 19.1 Å². The number of ether oxygens (including phenoxy) is 1. The maximum atomic E-state index is 10.4. The molecule has 0 radical (unpaired) electrons. The third kappa shape index (κ3) is 10.7. The first-order valence-electron chi connectivity index (χ1n) is 35.3. The minimum absolute atomic E-state index is 0. The van der Waals surface area contributed by atoms with E-state index < -0.39 is 46.5 Å². The van der Waals surface area contributed by atoms with Crippen LogP contribution in [0.25, 0.3) is 72.1 Å². The van der Waals surface area contributed by atoms with E-state index in [4.69, 9.17) is 19.3 Å². The van der Waals surface area contributed by atoms with Gasteiger partial charge in [-0.15, -0.1) is 48.1 Å². The molecule has 2 aliphatic rings. The summed E-state index contributed by atoms with van der Waals surface area (Å²) < 4.78 is 118. The van der Waals surface area contributed by atoms with Gasteiger partial charge in [0, 0.05) is 78.0 Å². The summed E-state index contributed by atoms with van der Waals surface area (Å²) in [5.41, 5.74) is 10.8. The fraction of sp³-hybridized carbons (Fsp3) is 0.250. The molecular formula is C80H77N4OPt-3. The number of aromatic nitrogens is 2. The van der Waals surface area contributed by atoms with Crippen molar-refractivity contribution in [2.75, 3.05) is 9.80 Å². The fourth-order valence-corrected chi connectivity index (χ4v) is 12.1. The third-order valence-electron chi connectivity index (χ3n) is 17.1. The second-order valence-corrected chi connectivity index (χ2v) is 27.1. The van der Waals surface area contributed by atoms with Gasteiger partial charge in [-0.2, -0.15) is 12.1 Å². The van der Waals surface area contributed by atoms with Gasteiger partial charge in [-0.25, -0.2) is 4.98 Å². The molecule has 436 valence electrons. The van der Waals surface area contributed by atoms with E-state index in [2.05, 4.69) is 107 Å². The number of hydrogen-bond donors (Lipinski definition) is 0. The van der Waals surface area contributed by atoms with Crippen molar-refractivity contribution >= 4 is 44.6 Å². The molecule has 1 aliphatic heterocycles. The predicted octanol–water partition coefficient (Wildman–Crippen LogP) is 21.9. The zero-order chi connectivity index (χ0) is 69.8. The second-order valence-electron chi connectivity index (χ2n) is 27.1. The van der Waals surface area contributed by atoms with Crippen molar-refractivity contribution in [2.45, 2.75) is 130 Å². The van der Waals surface area contributed by atoms with Crippen LogP contribution in [-0.2, 0) is 48.1 Å². The summed E-state index contributed by atoms with van der Waals surface area (Å²) in [4.78, 5) is 9.10. The van der Waals surface area contributed by atoms with E-state index in [1.165, 1.54) is 17.3 Å². The zero-order valence-electron chi connectivity index (χ0n) is 63.1. The molecule has 2 aromatic heterocycles. The first-order chi connectivity index (χ1) is 45.5. The van der Waals surface area contributed by atoms with Gasteiger partial charge in [0.05, 0.1) is 16.4 Å². The Labute approximate surface area is 541 Å². The number of benzene rings is 9. The Morgan fingerprint density at radius 1 is 0.523 bits per heavy atom. The zero-order valence-corrected chi connectivity index (χ0v) is 53.4. The Bertz CT molecular complexity index is 5090. The number of anilines is 4. The van der Waals surface area contributed by atoms with Crippen LogP contribution in [0, 0.1) is 18.8 Å². The molecule has 5 nitrogen and oxygen atoms in total. The van der Waals surface area contributed by atoms with Gasteiger partial charge in [-0.3, -0.25) is 0 Å². The molecular weight excluding hydrogens is 1230 g/mol. The fourth-order valence-electron chi connectivity index (χ4n) is 12.1. The smallest absolute Gasteiger partial charge is 0.135 e. The minimum Gasteiger partial charge on any atom is -0.509 e. The molecule has 0 spiro atoms. The van der Waals surface area contributed by atoms with Gasteiger partial charge in [0.1, 0.15) is 5.82 Å². The Kier molecular flexibility index (Phi) is 11.5. The maximum Gasteiger partial charge on any atom is 0.135 e. The largest absolute Gasteiger partial charge is 0.509 e. The number of para-hydroxylation sites is 3. The van der Waals surface area contributed by atoms with Crippen LogP contribution in [0.2, 0.25) is 0 Å². The standard InChI is InChI=1S/C80H77N4O.Pt/c1-76(2,3)57-42-55(52-25-16-14-17-26-52)41-56(43-57)65-46-58(77(4,5)6)45-64(54-35-38-67-69(44-54)80(12,13)40-39-79(67,10)11)75(65)83-51-82(71-33-22-23-34-72(71)83)59-29-24-30-60(47-59)85-61-36-37-63-62-31-20-21-32-70(62)84(73(63)48-61)74-49-68(78(7,8)9)66(50-81-74)53-27-18-15-19-28-53;/h14-38,41-46,49-51H,39-40H2,1-13H3;/q-3;/i15D,18D,19D,20D,21D,27D,28D,31D,32D,41D,42D,43D;. The van der Waals surface area contributed by atoms with Gasteiger partial charge in [0.2, 0.25) is 0 Å². The number of nitrogens with zero attached hydrogens (tertiary/aromatic N) is 4. The number of pyridine rings is 1. The summed E-state index contributed by atoms with van der Waals surface area (Å²) in [7, 11) is 0. The van der Waals surface area contributed by atoms with Crippen molar-refractivity contribution in [1.82, 2.24) is 9.55 Å². The van der Waals surface area contributed by atoms with Crippen molar-refractivity contribution in [3.8, 4) is 61.8 Å². The number of fused-ring (bicyclic) bond motifs is 5. The monoisotopic (exact) mass is 1320 g/mol. The predicted molar refractivity (Wildman–Crippen MR) is 357 cm³/mol. The van der Waals surface area contributed by atoms with E-state index in [1.807, 2.05) is 109 Å². The SMILES string of the molecule is [2H]c1c([2H])c([2H])c(-c2cnc(-n3c4[c-]c(Oc5[c-]c(N6[CH-]N(c7c(-c8ccc9c(c8)C(C)(C)CCC9(C)C)cc(C(C)(C)C)cc7-c7c([2H])c(-c8ccccc8)c([2H])c(C(C)(C)C)c7[2H])c7ccccc76)ccc5)ccc4c4c([2H])c([2H])c([2H])c([2H])c43)cc2C(C)(C)C)c([2H])c1[2H].[Pt]. The Hall–Kier alpha value is -7.98. The molecule has 0 N–H and O–H groups in total. The Morgan fingerprint density at radius 3 is 1.87 bits per heavy atom. The molecule has 0 saturated carbocycles. The van der Waals surface area contributed by atoms with Gasteiger partial charge in [0.15, 0.2) is 0 Å². The average Bonchev–Trinajstić information content (AvgIpc) is 1.36. The summed E-state index contributed by atoms with van der Waals surface area (Å²) in [5.74, 6) is 0.773. The second kappa shape index (κ2) is 21.8. The van der Waals surface area contributed by atoms with Crippen LogP contribution in [0.5, 0.6) is 11.5 Å². The van der Waals surface area contributed by atoms with Crippen molar-refractivity contribution < 1.29 is 42.3 Å². The number of rotatable bonds is 9. The molecule has 1 aliphatic carbocycles. The molecule has 0 atom stereocenters. The number of hydrogen-bond acceptors (Lipinski definition) is 4. The van der Waals surface area contributed by atoms with Crippen molar-refractivity contribution in [3.63, 3.8) is 0 Å². The molecule has 0 amide bonds. The van der Waals surface area contributed by atoms with E-state index in [-0.39, 0.29) is 102 Å². The molecule has 0 fully saturated rings.